The molecule has 15 nitrogen and oxygen atoms in total. The minimum absolute atomic E-state index is 0.0328. The number of hydrogen-bond acceptors (Lipinski definition) is 9. The number of likely N-dealkylation sites (tertiary alicyclic amines) is 1. The molecule has 2 heterocycles. The van der Waals surface area contributed by atoms with Gasteiger partial charge in [0.1, 0.15) is 24.2 Å². The van der Waals surface area contributed by atoms with Gasteiger partial charge >= 0.3 is 0 Å². The van der Waals surface area contributed by atoms with Crippen molar-refractivity contribution in [1.29, 1.82) is 0 Å². The summed E-state index contributed by atoms with van der Waals surface area (Å²) in [7, 11) is 3.36. The van der Waals surface area contributed by atoms with Crippen molar-refractivity contribution >= 4 is 41.1 Å². The van der Waals surface area contributed by atoms with E-state index in [0.717, 1.165) is 66.5 Å². The van der Waals surface area contributed by atoms with E-state index in [-0.39, 0.29) is 79.6 Å². The predicted molar refractivity (Wildman–Crippen MR) is 268 cm³/mol. The first-order chi connectivity index (χ1) is 32.8. The molecule has 1 saturated heterocycles. The van der Waals surface area contributed by atoms with Gasteiger partial charge in [-0.2, -0.15) is 0 Å². The second-order valence-corrected chi connectivity index (χ2v) is 21.8. The van der Waals surface area contributed by atoms with Crippen molar-refractivity contribution in [2.24, 2.45) is 10.8 Å². The second kappa shape index (κ2) is 21.5. The van der Waals surface area contributed by atoms with Crippen LogP contribution in [-0.4, -0.2) is 109 Å². The van der Waals surface area contributed by atoms with E-state index in [1.165, 1.54) is 11.1 Å². The van der Waals surface area contributed by atoms with E-state index in [0.29, 0.717) is 6.42 Å². The van der Waals surface area contributed by atoms with Gasteiger partial charge in [0.15, 0.2) is 0 Å². The van der Waals surface area contributed by atoms with Crippen molar-refractivity contribution in [3.8, 4) is 0 Å². The van der Waals surface area contributed by atoms with Gasteiger partial charge in [0.2, 0.25) is 35.4 Å². The number of hydrogen-bond donors (Lipinski definition) is 7. The lowest BCUT2D eigenvalue weighted by Crippen LogP contribution is -2.61. The number of carbonyl (C=O) groups excluding carboxylic acids is 6. The number of amides is 6. The molecule has 7 rings (SSSR count). The van der Waals surface area contributed by atoms with Gasteiger partial charge < -0.3 is 47.0 Å². The number of nitrogens with one attached hydrogen (secondary N) is 7. The number of benzene rings is 3. The van der Waals surface area contributed by atoms with Crippen LogP contribution in [0.15, 0.2) is 66.7 Å². The molecule has 6 amide bonds. The Morgan fingerprint density at radius 2 is 1.22 bits per heavy atom. The molecule has 0 aromatic heterocycles. The Kier molecular flexibility index (Phi) is 15.9. The van der Waals surface area contributed by atoms with Gasteiger partial charge in [-0.3, -0.25) is 28.8 Å². The lowest BCUT2D eigenvalue weighted by atomic mass is 9.83. The highest BCUT2D eigenvalue weighted by molar-refractivity contribution is 5.95. The molecule has 7 unspecified atom stereocenters. The summed E-state index contributed by atoms with van der Waals surface area (Å²) in [4.78, 5) is 88.4. The van der Waals surface area contributed by atoms with Crippen LogP contribution in [-0.2, 0) is 54.6 Å². The summed E-state index contributed by atoms with van der Waals surface area (Å²) in [5.41, 5.74) is 5.78. The number of likely N-dealkylation sites (N-methyl/N-ethyl adjacent to an activating group) is 2. The van der Waals surface area contributed by atoms with E-state index >= 15 is 0 Å². The zero-order valence-corrected chi connectivity index (χ0v) is 42.1. The molecule has 372 valence electrons. The Balaban J connectivity index is 1.17. The Morgan fingerprint density at radius 1 is 0.667 bits per heavy atom. The lowest BCUT2D eigenvalue weighted by Gasteiger charge is -2.41. The van der Waals surface area contributed by atoms with Gasteiger partial charge in [0, 0.05) is 31.2 Å². The molecule has 4 aliphatic rings. The highest BCUT2D eigenvalue weighted by Crippen LogP contribution is 2.35. The summed E-state index contributed by atoms with van der Waals surface area (Å²) in [5.74, 6) is -1.79. The molecule has 8 atom stereocenters. The smallest absolute Gasteiger partial charge is 0.246 e. The molecule has 1 fully saturated rings. The van der Waals surface area contributed by atoms with Gasteiger partial charge in [-0.15, -0.1) is 0 Å². The van der Waals surface area contributed by atoms with E-state index in [1.807, 2.05) is 84.0 Å². The number of aryl methyl sites for hydroxylation is 2. The van der Waals surface area contributed by atoms with Gasteiger partial charge in [-0.05, 0) is 122 Å². The van der Waals surface area contributed by atoms with Crippen LogP contribution in [0.2, 0.25) is 0 Å². The second-order valence-electron chi connectivity index (χ2n) is 21.8. The molecular formula is C54H75N9O6. The fourth-order valence-electron chi connectivity index (χ4n) is 10.6. The van der Waals surface area contributed by atoms with Gasteiger partial charge in [0.05, 0.1) is 24.7 Å². The first-order valence-electron chi connectivity index (χ1n) is 24.9. The van der Waals surface area contributed by atoms with Crippen LogP contribution in [0.3, 0.4) is 0 Å². The van der Waals surface area contributed by atoms with Crippen LogP contribution < -0.4 is 37.2 Å². The SMILES string of the molecule is CNCC(=O)NC(C(=O)N1Cc2cc(NC3CC(C(=O)NC4CCCc5ccccc54)N(C(=O)C(NC(=O)[C@H](C)NC)C(C)(C)C)C3)ccc2CC1C(=O)NC1CCCc2ccccc21)C(C)(C)C. The van der Waals surface area contributed by atoms with E-state index in [9.17, 15) is 28.8 Å². The predicted octanol–water partition coefficient (Wildman–Crippen LogP) is 4.60. The quantitative estimate of drug-likeness (QED) is 0.121. The highest BCUT2D eigenvalue weighted by atomic mass is 16.2. The molecule has 7 N–H and O–H groups in total. The van der Waals surface area contributed by atoms with E-state index < -0.39 is 41.0 Å². The Bertz CT molecular complexity index is 2390. The largest absolute Gasteiger partial charge is 0.380 e. The third-order valence-corrected chi connectivity index (χ3v) is 14.5. The minimum Gasteiger partial charge on any atom is -0.380 e. The molecule has 69 heavy (non-hydrogen) atoms. The topological polar surface area (TPSA) is 193 Å². The van der Waals surface area contributed by atoms with Crippen LogP contribution in [0.25, 0.3) is 0 Å². The number of carbonyl (C=O) groups is 6. The van der Waals surface area contributed by atoms with Gasteiger partial charge in [-0.1, -0.05) is 96.1 Å². The molecule has 3 aromatic rings. The first kappa shape index (κ1) is 51.1. The third kappa shape index (κ3) is 11.8. The molecule has 2 aliphatic carbocycles. The van der Waals surface area contributed by atoms with Crippen molar-refractivity contribution in [3.63, 3.8) is 0 Å². The van der Waals surface area contributed by atoms with E-state index in [1.54, 1.807) is 30.8 Å². The molecule has 2 aliphatic heterocycles. The standard InChI is InChI=1S/C54H75N9O6/c1-32(56-9)48(65)61-47(54(5,6)7)52(69)63-31-38(28-44(63)50(67)59-42-23-15-19-34-17-11-13-21-40(34)42)57-37-25-24-35-27-43(49(66)58-41-22-14-18-33-16-10-12-20-39(33)41)62(30-36(35)26-37)51(68)46(53(2,3)4)60-45(64)29-55-8/h10-13,16-17,20-21,24-26,32,38,41-44,46-47,55-57H,14-15,18-19,22-23,27-31H2,1-9H3,(H,58,66)(H,59,67)(H,60,64)(H,61,65)/t32-,38?,41?,42?,43?,44?,46?,47?/m0/s1. The number of nitrogens with zero attached hydrogens (tertiary/aromatic N) is 2. The normalized spacial score (nSPS) is 22.4. The fraction of sp³-hybridized carbons (Fsp3) is 0.556. The first-order valence-corrected chi connectivity index (χ1v) is 24.9. The van der Waals surface area contributed by atoms with Crippen molar-refractivity contribution in [2.75, 3.05) is 32.5 Å². The summed E-state index contributed by atoms with van der Waals surface area (Å²) in [6.07, 6.45) is 5.94. The van der Waals surface area contributed by atoms with Crippen molar-refractivity contribution in [2.45, 2.75) is 155 Å². The van der Waals surface area contributed by atoms with Crippen molar-refractivity contribution < 1.29 is 28.8 Å². The molecule has 3 aromatic carbocycles. The van der Waals surface area contributed by atoms with Gasteiger partial charge in [0.25, 0.3) is 0 Å². The Labute approximate surface area is 408 Å². The van der Waals surface area contributed by atoms with Crippen molar-refractivity contribution in [1.82, 2.24) is 41.7 Å². The minimum atomic E-state index is -0.915. The molecular weight excluding hydrogens is 871 g/mol. The van der Waals surface area contributed by atoms with Crippen molar-refractivity contribution in [3.05, 3.63) is 100 Å². The van der Waals surface area contributed by atoms with Crippen LogP contribution in [0.1, 0.15) is 126 Å². The maximum atomic E-state index is 14.9. The van der Waals surface area contributed by atoms with Crippen LogP contribution >= 0.6 is 0 Å². The maximum absolute atomic E-state index is 14.9. The molecule has 0 radical (unpaired) electrons. The summed E-state index contributed by atoms with van der Waals surface area (Å²) in [5, 5.41) is 22.0. The monoisotopic (exact) mass is 946 g/mol. The summed E-state index contributed by atoms with van der Waals surface area (Å²) in [6, 6.07) is 17.6. The number of fused-ring (bicyclic) bond motifs is 3. The lowest BCUT2D eigenvalue weighted by molar-refractivity contribution is -0.147. The molecule has 0 saturated carbocycles. The summed E-state index contributed by atoms with van der Waals surface area (Å²) in [6.45, 7) is 13.5. The van der Waals surface area contributed by atoms with Crippen LogP contribution in [0.4, 0.5) is 5.69 Å². The molecule has 0 spiro atoms. The Morgan fingerprint density at radius 3 is 1.78 bits per heavy atom. The maximum Gasteiger partial charge on any atom is 0.246 e. The zero-order valence-electron chi connectivity index (χ0n) is 42.1. The molecule has 15 heteroatoms. The summed E-state index contributed by atoms with van der Waals surface area (Å²) >= 11 is 0. The average molecular weight is 946 g/mol. The van der Waals surface area contributed by atoms with Gasteiger partial charge in [-0.25, -0.2) is 0 Å². The number of rotatable bonds is 14. The Hall–Kier alpha value is -5.80. The summed E-state index contributed by atoms with van der Waals surface area (Å²) < 4.78 is 0. The molecule has 0 bridgehead atoms. The number of anilines is 1. The zero-order chi connectivity index (χ0) is 49.8. The average Bonchev–Trinajstić information content (AvgIpc) is 3.74. The highest BCUT2D eigenvalue weighted by Gasteiger charge is 2.47. The third-order valence-electron chi connectivity index (χ3n) is 14.5. The van der Waals surface area contributed by atoms with E-state index in [4.69, 9.17) is 0 Å². The fourth-order valence-corrected chi connectivity index (χ4v) is 10.6. The van der Waals surface area contributed by atoms with Crippen LogP contribution in [0.5, 0.6) is 0 Å². The van der Waals surface area contributed by atoms with Crippen LogP contribution in [0, 0.1) is 10.8 Å². The van der Waals surface area contributed by atoms with E-state index in [2.05, 4.69) is 61.5 Å².